The van der Waals surface area contributed by atoms with Crippen LogP contribution in [-0.4, -0.2) is 14.3 Å². The number of benzene rings is 3. The summed E-state index contributed by atoms with van der Waals surface area (Å²) in [5.41, 5.74) is 1.49. The molecular weight excluding hydrogens is 393 g/mol. The molecule has 0 spiro atoms. The van der Waals surface area contributed by atoms with Crippen LogP contribution in [0.3, 0.4) is 0 Å². The van der Waals surface area contributed by atoms with Gasteiger partial charge in [0.05, 0.1) is 23.1 Å². The zero-order valence-electron chi connectivity index (χ0n) is 15.1. The van der Waals surface area contributed by atoms with Gasteiger partial charge in [0.1, 0.15) is 5.82 Å². The molecule has 0 saturated heterocycles. The Hall–Kier alpha value is -3.70. The van der Waals surface area contributed by atoms with Crippen LogP contribution in [0.25, 0.3) is 0 Å². The largest absolute Gasteiger partial charge is 0.322 e. The van der Waals surface area contributed by atoms with Gasteiger partial charge in [-0.15, -0.1) is 0 Å². The maximum Gasteiger partial charge on any atom is 0.261 e. The fourth-order valence-electron chi connectivity index (χ4n) is 2.53. The molecule has 0 bridgehead atoms. The van der Waals surface area contributed by atoms with Crippen LogP contribution in [0.1, 0.15) is 15.9 Å². The summed E-state index contributed by atoms with van der Waals surface area (Å²) in [5, 5.41) is 11.4. The van der Waals surface area contributed by atoms with E-state index in [0.717, 1.165) is 11.6 Å². The first-order chi connectivity index (χ1) is 13.9. The summed E-state index contributed by atoms with van der Waals surface area (Å²) in [6, 6.07) is 19.6. The minimum atomic E-state index is -4.00. The fraction of sp³-hybridized carbons (Fsp3) is 0.0476. The van der Waals surface area contributed by atoms with Crippen molar-refractivity contribution in [2.24, 2.45) is 0 Å². The lowest BCUT2D eigenvalue weighted by Gasteiger charge is -2.10. The molecule has 0 aliphatic rings. The lowest BCUT2D eigenvalue weighted by molar-refractivity contribution is 0.102. The number of nitriles is 1. The monoisotopic (exact) mass is 409 g/mol. The number of anilines is 2. The van der Waals surface area contributed by atoms with E-state index in [1.165, 1.54) is 42.5 Å². The highest BCUT2D eigenvalue weighted by molar-refractivity contribution is 7.92. The van der Waals surface area contributed by atoms with E-state index in [4.69, 9.17) is 5.26 Å². The molecule has 0 unspecified atom stereocenters. The van der Waals surface area contributed by atoms with Gasteiger partial charge in [-0.25, -0.2) is 12.8 Å². The molecule has 0 radical (unpaired) electrons. The molecule has 29 heavy (non-hydrogen) atoms. The quantitative estimate of drug-likeness (QED) is 0.644. The van der Waals surface area contributed by atoms with Crippen LogP contribution < -0.4 is 10.0 Å². The summed E-state index contributed by atoms with van der Waals surface area (Å²) in [6.07, 6.45) is 0.283. The fourth-order valence-corrected chi connectivity index (χ4v) is 3.60. The first-order valence-electron chi connectivity index (χ1n) is 8.54. The zero-order chi connectivity index (χ0) is 20.9. The number of hydrogen-bond donors (Lipinski definition) is 2. The van der Waals surface area contributed by atoms with Crippen molar-refractivity contribution in [3.63, 3.8) is 0 Å². The molecule has 3 aromatic carbocycles. The van der Waals surface area contributed by atoms with Crippen LogP contribution >= 0.6 is 0 Å². The average molecular weight is 409 g/mol. The first kappa shape index (κ1) is 20.0. The molecule has 0 aliphatic heterocycles. The van der Waals surface area contributed by atoms with Gasteiger partial charge in [0.2, 0.25) is 0 Å². The van der Waals surface area contributed by atoms with Gasteiger partial charge in [-0.05, 0) is 54.1 Å². The average Bonchev–Trinajstić information content (AvgIpc) is 2.71. The summed E-state index contributed by atoms with van der Waals surface area (Å²) >= 11 is 0. The number of rotatable bonds is 6. The normalized spacial score (nSPS) is 10.8. The molecule has 3 rings (SSSR count). The minimum absolute atomic E-state index is 0.0989. The molecule has 0 aromatic heterocycles. The van der Waals surface area contributed by atoms with E-state index in [2.05, 4.69) is 10.0 Å². The Morgan fingerprint density at radius 2 is 1.62 bits per heavy atom. The van der Waals surface area contributed by atoms with Crippen LogP contribution in [0.15, 0.2) is 77.7 Å². The predicted octanol–water partition coefficient (Wildman–Crippen LogP) is 3.94. The number of para-hydroxylation sites is 1. The van der Waals surface area contributed by atoms with E-state index in [9.17, 15) is 17.6 Å². The Labute approximate surface area is 167 Å². The number of hydrogen-bond acceptors (Lipinski definition) is 4. The van der Waals surface area contributed by atoms with Crippen molar-refractivity contribution in [2.75, 3.05) is 10.0 Å². The van der Waals surface area contributed by atoms with Crippen molar-refractivity contribution in [2.45, 2.75) is 11.3 Å². The molecule has 0 atom stereocenters. The Bertz CT molecular complexity index is 1170. The Kier molecular flexibility index (Phi) is 5.90. The Morgan fingerprint density at radius 3 is 2.24 bits per heavy atom. The van der Waals surface area contributed by atoms with E-state index in [1.807, 2.05) is 6.07 Å². The van der Waals surface area contributed by atoms with Gasteiger partial charge in [-0.3, -0.25) is 9.52 Å². The lowest BCUT2D eigenvalue weighted by atomic mass is 10.1. The van der Waals surface area contributed by atoms with Crippen molar-refractivity contribution in [3.05, 3.63) is 89.7 Å². The number of nitrogens with zero attached hydrogens (tertiary/aromatic N) is 1. The molecule has 0 fully saturated rings. The van der Waals surface area contributed by atoms with Crippen molar-refractivity contribution in [3.8, 4) is 6.07 Å². The summed E-state index contributed by atoms with van der Waals surface area (Å²) in [4.78, 5) is 12.2. The van der Waals surface area contributed by atoms with Crippen molar-refractivity contribution in [1.29, 1.82) is 5.26 Å². The molecule has 146 valence electrons. The maximum absolute atomic E-state index is 13.7. The molecule has 0 heterocycles. The van der Waals surface area contributed by atoms with E-state index >= 15 is 0 Å². The van der Waals surface area contributed by atoms with Crippen molar-refractivity contribution < 1.29 is 17.6 Å². The maximum atomic E-state index is 13.7. The number of sulfonamides is 1. The Morgan fingerprint density at radius 1 is 0.966 bits per heavy atom. The summed E-state index contributed by atoms with van der Waals surface area (Å²) in [7, 11) is -4.00. The van der Waals surface area contributed by atoms with Gasteiger partial charge < -0.3 is 5.32 Å². The standard InChI is InChI=1S/C21H16FN3O3S/c22-19-3-1-2-4-20(19)25-29(27,28)18-11-7-16(8-12-18)21(26)24-17-9-5-15(6-10-17)13-14-23/h1-12,25H,13H2,(H,24,26). The van der Waals surface area contributed by atoms with Gasteiger partial charge in [-0.1, -0.05) is 24.3 Å². The van der Waals surface area contributed by atoms with Gasteiger partial charge >= 0.3 is 0 Å². The number of nitrogens with one attached hydrogen (secondary N) is 2. The topological polar surface area (TPSA) is 99.1 Å². The lowest BCUT2D eigenvalue weighted by Crippen LogP contribution is -2.15. The van der Waals surface area contributed by atoms with E-state index in [-0.39, 0.29) is 22.6 Å². The molecule has 0 aliphatic carbocycles. The van der Waals surface area contributed by atoms with Crippen molar-refractivity contribution >= 4 is 27.3 Å². The predicted molar refractivity (Wildman–Crippen MR) is 107 cm³/mol. The third kappa shape index (κ3) is 4.97. The highest BCUT2D eigenvalue weighted by Crippen LogP contribution is 2.19. The molecule has 6 nitrogen and oxygen atoms in total. The van der Waals surface area contributed by atoms with Crippen molar-refractivity contribution in [1.82, 2.24) is 0 Å². The third-order valence-electron chi connectivity index (χ3n) is 4.04. The molecule has 8 heteroatoms. The smallest absolute Gasteiger partial charge is 0.261 e. The van der Waals surface area contributed by atoms with Gasteiger partial charge in [0.15, 0.2) is 0 Å². The molecular formula is C21H16FN3O3S. The summed E-state index contributed by atoms with van der Waals surface area (Å²) in [5.74, 6) is -1.10. The second-order valence-corrected chi connectivity index (χ2v) is 7.78. The second kappa shape index (κ2) is 8.54. The molecule has 0 saturated carbocycles. The number of carbonyl (C=O) groups is 1. The SMILES string of the molecule is N#CCc1ccc(NC(=O)c2ccc(S(=O)(=O)Nc3ccccc3F)cc2)cc1. The third-order valence-corrected chi connectivity index (χ3v) is 5.42. The van der Waals surface area contributed by atoms with Crippen LogP contribution in [0.2, 0.25) is 0 Å². The van der Waals surface area contributed by atoms with Gasteiger partial charge in [-0.2, -0.15) is 5.26 Å². The second-order valence-electron chi connectivity index (χ2n) is 6.10. The number of halogens is 1. The highest BCUT2D eigenvalue weighted by atomic mass is 32.2. The van der Waals surface area contributed by atoms with Crippen LogP contribution in [0.5, 0.6) is 0 Å². The van der Waals surface area contributed by atoms with E-state index in [0.29, 0.717) is 5.69 Å². The van der Waals surface area contributed by atoms with Crippen LogP contribution in [-0.2, 0) is 16.4 Å². The summed E-state index contributed by atoms with van der Waals surface area (Å²) < 4.78 is 40.7. The van der Waals surface area contributed by atoms with E-state index < -0.39 is 21.7 Å². The van der Waals surface area contributed by atoms with Crippen LogP contribution in [0, 0.1) is 17.1 Å². The van der Waals surface area contributed by atoms with E-state index in [1.54, 1.807) is 24.3 Å². The molecule has 1 amide bonds. The van der Waals surface area contributed by atoms with Gasteiger partial charge in [0, 0.05) is 11.3 Å². The number of amides is 1. The first-order valence-corrected chi connectivity index (χ1v) is 10.0. The van der Waals surface area contributed by atoms with Gasteiger partial charge in [0.25, 0.3) is 15.9 Å². The van der Waals surface area contributed by atoms with Crippen LogP contribution in [0.4, 0.5) is 15.8 Å². The molecule has 3 aromatic rings. The highest BCUT2D eigenvalue weighted by Gasteiger charge is 2.17. The zero-order valence-corrected chi connectivity index (χ0v) is 15.9. The number of carbonyl (C=O) groups excluding carboxylic acids is 1. The Balaban J connectivity index is 1.71. The summed E-state index contributed by atoms with van der Waals surface area (Å²) in [6.45, 7) is 0. The molecule has 2 N–H and O–H groups in total. The minimum Gasteiger partial charge on any atom is -0.322 e.